The van der Waals surface area contributed by atoms with Gasteiger partial charge in [0.05, 0.1) is 31.0 Å². The Hall–Kier alpha value is -3.71. The predicted octanol–water partition coefficient (Wildman–Crippen LogP) is 4.88. The van der Waals surface area contributed by atoms with E-state index in [0.717, 1.165) is 10.9 Å². The fourth-order valence-corrected chi connectivity index (χ4v) is 3.17. The van der Waals surface area contributed by atoms with E-state index in [1.165, 1.54) is 7.11 Å². The molecule has 0 bridgehead atoms. The topological polar surface area (TPSA) is 86.2 Å². The minimum absolute atomic E-state index is 0.379. The van der Waals surface area contributed by atoms with Crippen molar-refractivity contribution in [2.45, 2.75) is 0 Å². The van der Waals surface area contributed by atoms with Gasteiger partial charge in [-0.05, 0) is 48.5 Å². The lowest BCUT2D eigenvalue weighted by atomic mass is 10.1. The number of anilines is 2. The first kappa shape index (κ1) is 19.6. The number of methoxy groups -OCH3 is 2. The first-order valence-electron chi connectivity index (χ1n) is 9.00. The number of hydrogen-bond acceptors (Lipinski definition) is 7. The highest BCUT2D eigenvalue weighted by Gasteiger charge is 2.15. The van der Waals surface area contributed by atoms with E-state index in [4.69, 9.17) is 21.1 Å². The van der Waals surface area contributed by atoms with Crippen LogP contribution in [0.3, 0.4) is 0 Å². The van der Waals surface area contributed by atoms with Crippen LogP contribution in [0.15, 0.2) is 60.9 Å². The fourth-order valence-electron chi connectivity index (χ4n) is 3.00. The molecule has 4 aromatic rings. The molecule has 4 rings (SSSR count). The number of nitrogens with one attached hydrogen (secondary N) is 1. The van der Waals surface area contributed by atoms with E-state index in [9.17, 15) is 4.79 Å². The minimum Gasteiger partial charge on any atom is -0.495 e. The van der Waals surface area contributed by atoms with Crippen molar-refractivity contribution >= 4 is 40.0 Å². The maximum absolute atomic E-state index is 12.0. The smallest absolute Gasteiger partial charge is 0.337 e. The summed E-state index contributed by atoms with van der Waals surface area (Å²) < 4.78 is 10.3. The van der Waals surface area contributed by atoms with Gasteiger partial charge in [0.15, 0.2) is 5.82 Å². The van der Waals surface area contributed by atoms with Crippen molar-refractivity contribution in [3.8, 4) is 17.1 Å². The second kappa shape index (κ2) is 8.34. The number of rotatable bonds is 5. The van der Waals surface area contributed by atoms with Gasteiger partial charge in [0.1, 0.15) is 11.6 Å². The van der Waals surface area contributed by atoms with Crippen LogP contribution in [-0.4, -0.2) is 35.1 Å². The zero-order valence-corrected chi connectivity index (χ0v) is 17.0. The zero-order chi connectivity index (χ0) is 21.1. The maximum Gasteiger partial charge on any atom is 0.337 e. The molecule has 0 aliphatic carbocycles. The monoisotopic (exact) mass is 420 g/mol. The number of halogens is 1. The van der Waals surface area contributed by atoms with Crippen molar-refractivity contribution in [1.82, 2.24) is 15.0 Å². The first-order chi connectivity index (χ1) is 14.6. The number of fused-ring (bicyclic) bond motifs is 1. The average molecular weight is 421 g/mol. The number of nitrogens with zero attached hydrogens (tertiary/aromatic N) is 3. The number of aromatic nitrogens is 3. The Morgan fingerprint density at radius 1 is 1.07 bits per heavy atom. The summed E-state index contributed by atoms with van der Waals surface area (Å²) in [7, 11) is 2.88. The number of carbonyl (C=O) groups excluding carboxylic acids is 1. The van der Waals surface area contributed by atoms with Gasteiger partial charge in [-0.25, -0.2) is 14.8 Å². The van der Waals surface area contributed by atoms with Crippen LogP contribution in [0.5, 0.6) is 5.75 Å². The lowest BCUT2D eigenvalue weighted by Crippen LogP contribution is -2.05. The normalized spacial score (nSPS) is 10.6. The molecule has 0 saturated carbocycles. The third-order valence-corrected chi connectivity index (χ3v) is 4.69. The summed E-state index contributed by atoms with van der Waals surface area (Å²) in [6.45, 7) is 0. The summed E-state index contributed by atoms with van der Waals surface area (Å²) in [5, 5.41) is 4.54. The van der Waals surface area contributed by atoms with Gasteiger partial charge in [0, 0.05) is 28.4 Å². The molecule has 0 amide bonds. The Morgan fingerprint density at radius 2 is 1.93 bits per heavy atom. The Kier molecular flexibility index (Phi) is 5.45. The van der Waals surface area contributed by atoms with Gasteiger partial charge in [-0.1, -0.05) is 11.6 Å². The minimum atomic E-state index is -0.452. The van der Waals surface area contributed by atoms with Crippen LogP contribution in [0.1, 0.15) is 10.4 Å². The molecular weight excluding hydrogens is 404 g/mol. The summed E-state index contributed by atoms with van der Waals surface area (Å²) in [5.74, 6) is 1.11. The summed E-state index contributed by atoms with van der Waals surface area (Å²) in [6.07, 6.45) is 3.38. The van der Waals surface area contributed by atoms with Crippen molar-refractivity contribution in [2.24, 2.45) is 0 Å². The van der Waals surface area contributed by atoms with Crippen LogP contribution >= 0.6 is 11.6 Å². The largest absolute Gasteiger partial charge is 0.495 e. The zero-order valence-electron chi connectivity index (χ0n) is 16.2. The van der Waals surface area contributed by atoms with Crippen LogP contribution in [0.4, 0.5) is 11.5 Å². The van der Waals surface area contributed by atoms with Gasteiger partial charge in [-0.3, -0.25) is 4.98 Å². The summed E-state index contributed by atoms with van der Waals surface area (Å²) in [6, 6.07) is 14.0. The van der Waals surface area contributed by atoms with E-state index in [-0.39, 0.29) is 0 Å². The van der Waals surface area contributed by atoms with E-state index < -0.39 is 5.97 Å². The van der Waals surface area contributed by atoms with Crippen molar-refractivity contribution in [2.75, 3.05) is 19.5 Å². The van der Waals surface area contributed by atoms with E-state index in [1.807, 2.05) is 18.2 Å². The quantitative estimate of drug-likeness (QED) is 0.460. The number of esters is 1. The highest BCUT2D eigenvalue weighted by Crippen LogP contribution is 2.33. The van der Waals surface area contributed by atoms with Crippen LogP contribution < -0.4 is 10.1 Å². The van der Waals surface area contributed by atoms with E-state index >= 15 is 0 Å². The van der Waals surface area contributed by atoms with Gasteiger partial charge in [-0.2, -0.15) is 0 Å². The van der Waals surface area contributed by atoms with E-state index in [2.05, 4.69) is 20.3 Å². The maximum atomic E-state index is 12.0. The van der Waals surface area contributed by atoms with Crippen LogP contribution in [0.2, 0.25) is 5.02 Å². The summed E-state index contributed by atoms with van der Waals surface area (Å²) in [4.78, 5) is 25.4. The second-order valence-corrected chi connectivity index (χ2v) is 6.77. The molecule has 0 radical (unpaired) electrons. The van der Waals surface area contributed by atoms with Crippen molar-refractivity contribution < 1.29 is 14.3 Å². The van der Waals surface area contributed by atoms with E-state index in [0.29, 0.717) is 39.2 Å². The highest BCUT2D eigenvalue weighted by atomic mass is 35.5. The molecular formula is C22H17ClN4O3. The molecule has 0 aliphatic rings. The molecule has 1 N–H and O–H groups in total. The SMILES string of the molecule is COC(=O)c1ccc(OC)c(Nc2nc(-c3cccnc3)nc3ccc(Cl)cc23)c1. The Balaban J connectivity index is 1.88. The lowest BCUT2D eigenvalue weighted by Gasteiger charge is -2.14. The molecule has 8 heteroatoms. The van der Waals surface area contributed by atoms with Gasteiger partial charge in [0.2, 0.25) is 0 Å². The predicted molar refractivity (Wildman–Crippen MR) is 115 cm³/mol. The molecule has 0 unspecified atom stereocenters. The second-order valence-electron chi connectivity index (χ2n) is 6.33. The van der Waals surface area contributed by atoms with Gasteiger partial charge >= 0.3 is 5.97 Å². The molecule has 2 heterocycles. The Labute approximate surface area is 177 Å². The van der Waals surface area contributed by atoms with E-state index in [1.54, 1.807) is 49.8 Å². The molecule has 0 aliphatic heterocycles. The number of pyridine rings is 1. The molecule has 0 atom stereocenters. The average Bonchev–Trinajstić information content (AvgIpc) is 2.79. The highest BCUT2D eigenvalue weighted by molar-refractivity contribution is 6.31. The third kappa shape index (κ3) is 3.88. The lowest BCUT2D eigenvalue weighted by molar-refractivity contribution is 0.0600. The third-order valence-electron chi connectivity index (χ3n) is 4.45. The van der Waals surface area contributed by atoms with Crippen molar-refractivity contribution in [1.29, 1.82) is 0 Å². The van der Waals surface area contributed by atoms with Gasteiger partial charge in [-0.15, -0.1) is 0 Å². The molecule has 0 spiro atoms. The standard InChI is InChI=1S/C22H17ClN4O3/c1-29-19-8-5-13(22(28)30-2)10-18(19)26-21-16-11-15(23)6-7-17(16)25-20(27-21)14-4-3-9-24-12-14/h3-12H,1-2H3,(H,25,26,27). The van der Waals surface area contributed by atoms with Crippen LogP contribution in [0.25, 0.3) is 22.3 Å². The van der Waals surface area contributed by atoms with Gasteiger partial charge in [0.25, 0.3) is 0 Å². The number of ether oxygens (including phenoxy) is 2. The fraction of sp³-hybridized carbons (Fsp3) is 0.0909. The molecule has 30 heavy (non-hydrogen) atoms. The van der Waals surface area contributed by atoms with Crippen molar-refractivity contribution in [3.63, 3.8) is 0 Å². The number of carbonyl (C=O) groups is 1. The first-order valence-corrected chi connectivity index (χ1v) is 9.38. The molecule has 2 aromatic heterocycles. The summed E-state index contributed by atoms with van der Waals surface area (Å²) >= 11 is 6.22. The van der Waals surface area contributed by atoms with Crippen LogP contribution in [-0.2, 0) is 4.74 Å². The Morgan fingerprint density at radius 3 is 2.67 bits per heavy atom. The van der Waals surface area contributed by atoms with Crippen molar-refractivity contribution in [3.05, 3.63) is 71.5 Å². The van der Waals surface area contributed by atoms with Crippen LogP contribution in [0, 0.1) is 0 Å². The molecule has 0 fully saturated rings. The molecule has 150 valence electrons. The number of benzene rings is 2. The Bertz CT molecular complexity index is 1230. The molecule has 7 nitrogen and oxygen atoms in total. The number of hydrogen-bond donors (Lipinski definition) is 1. The van der Waals surface area contributed by atoms with Gasteiger partial charge < -0.3 is 14.8 Å². The molecule has 0 saturated heterocycles. The summed E-state index contributed by atoms with van der Waals surface area (Å²) in [5.41, 5.74) is 2.41. The molecule has 2 aromatic carbocycles.